The molecule has 334 valence electrons. The maximum Gasteiger partial charge on any atom is 0.264 e. The van der Waals surface area contributed by atoms with Gasteiger partial charge >= 0.3 is 0 Å². The quantitative estimate of drug-likeness (QED) is 0.120. The second-order valence-corrected chi connectivity index (χ2v) is 23.0. The number of hydrogen-bond acceptors (Lipinski definition) is 6. The molecule has 12 rings (SSSR count). The van der Waals surface area contributed by atoms with Gasteiger partial charge in [0.15, 0.2) is 5.60 Å². The van der Waals surface area contributed by atoms with Crippen LogP contribution in [0.5, 0.6) is 0 Å². The number of hydrogen-bond donors (Lipinski definition) is 1. The van der Waals surface area contributed by atoms with Crippen LogP contribution < -0.4 is 14.7 Å². The van der Waals surface area contributed by atoms with Crippen LogP contribution in [0.2, 0.25) is 18.6 Å². The topological polar surface area (TPSA) is 111 Å². The molecule has 67 heavy (non-hydrogen) atoms. The number of ether oxygens (including phenoxy) is 1. The zero-order valence-electron chi connectivity index (χ0n) is 37.3. The lowest BCUT2D eigenvalue weighted by Crippen LogP contribution is -2.48. The van der Waals surface area contributed by atoms with E-state index in [9.17, 15) is 19.5 Å². The van der Waals surface area contributed by atoms with Crippen LogP contribution in [0.15, 0.2) is 140 Å². The summed E-state index contributed by atoms with van der Waals surface area (Å²) in [5.41, 5.74) is 5.49. The maximum absolute atomic E-state index is 17.1. The molecule has 5 atom stereocenters. The molecule has 1 spiro atoms. The van der Waals surface area contributed by atoms with Gasteiger partial charge in [-0.15, -0.1) is 0 Å². The van der Waals surface area contributed by atoms with Crippen LogP contribution in [0, 0.1) is 5.92 Å². The number of carbonyl (C=O) groups is 4. The number of halogens is 1. The van der Waals surface area contributed by atoms with Crippen molar-refractivity contribution in [3.63, 3.8) is 0 Å². The summed E-state index contributed by atoms with van der Waals surface area (Å²) in [5, 5.41) is 14.2. The summed E-state index contributed by atoms with van der Waals surface area (Å²) in [5.74, 6) is -1.65. The van der Waals surface area contributed by atoms with Gasteiger partial charge in [-0.3, -0.25) is 29.0 Å². The Morgan fingerprint density at radius 1 is 0.731 bits per heavy atom. The molecule has 0 saturated carbocycles. The van der Waals surface area contributed by atoms with E-state index in [4.69, 9.17) is 4.74 Å². The van der Waals surface area contributed by atoms with E-state index in [2.05, 4.69) is 0 Å². The first kappa shape index (κ1) is 41.4. The summed E-state index contributed by atoms with van der Waals surface area (Å²) in [6.07, 6.45) is -0.635. The minimum atomic E-state index is -3.69. The minimum absolute atomic E-state index is 0.108. The van der Waals surface area contributed by atoms with Crippen molar-refractivity contribution < 1.29 is 33.1 Å². The predicted octanol–water partition coefficient (Wildman–Crippen LogP) is 10.2. The number of amides is 4. The van der Waals surface area contributed by atoms with Gasteiger partial charge in [0.2, 0.25) is 14.3 Å². The van der Waals surface area contributed by atoms with Crippen molar-refractivity contribution in [2.24, 2.45) is 5.92 Å². The Morgan fingerprint density at radius 3 is 1.93 bits per heavy atom. The van der Waals surface area contributed by atoms with E-state index < -0.39 is 37.6 Å². The summed E-state index contributed by atoms with van der Waals surface area (Å²) in [6.45, 7) is 5.31. The third-order valence-electron chi connectivity index (χ3n) is 15.1. The molecule has 0 aliphatic carbocycles. The molecular formula is C55H47FN4O6Si. The van der Waals surface area contributed by atoms with Crippen LogP contribution in [0.4, 0.5) is 32.5 Å². The lowest BCUT2D eigenvalue weighted by Gasteiger charge is -2.37. The standard InChI is InChI=1S/C55H47FN4O6Si/c1-32-51(67(2,3)56)47(28-48(62)57-30-37-11-5-4-10-36(37)26-40(57)31-61)66-55(32)43-27-39(60-46-19-9-15-35-13-7-17-42(50(35)46)53(60)64)24-25-44(43)58(54(55)65)29-33-20-22-38(23-21-33)59-45-18-8-14-34-12-6-16-41(49(34)45)52(59)63/h4-25,27,32,40,47,51,61H,26,28-31H2,1-3H3/t32-,40-,47+,51-,55+/m0/s1. The number of benzene rings is 7. The van der Waals surface area contributed by atoms with Crippen molar-refractivity contribution in [2.75, 3.05) is 21.3 Å². The first-order valence-electron chi connectivity index (χ1n) is 23.0. The average Bonchev–Trinajstić information content (AvgIpc) is 3.98. The van der Waals surface area contributed by atoms with Gasteiger partial charge in [0, 0.05) is 45.7 Å². The van der Waals surface area contributed by atoms with Gasteiger partial charge in [0.1, 0.15) is 0 Å². The SMILES string of the molecule is C[C@H]1[C@H]([Si](C)(C)F)[C@@H](CC(=O)N2Cc3ccccc3C[C@H]2CO)O[C@]12C(=O)N(Cc1ccc(N3C(=O)c4cccc5cccc3c45)cc1)c1ccc(N3C(=O)c4cccc5cccc3c45)cc12. The Kier molecular flexibility index (Phi) is 9.28. The van der Waals surface area contributed by atoms with E-state index in [1.165, 1.54) is 0 Å². The molecular weight excluding hydrogens is 860 g/mol. The number of aliphatic hydroxyl groups is 1. The Bertz CT molecular complexity index is 3270. The van der Waals surface area contributed by atoms with Crippen LogP contribution in [-0.4, -0.2) is 60.8 Å². The fourth-order valence-electron chi connectivity index (χ4n) is 12.1. The molecule has 1 saturated heterocycles. The summed E-state index contributed by atoms with van der Waals surface area (Å²) in [4.78, 5) is 65.0. The Labute approximate surface area is 388 Å². The highest BCUT2D eigenvalue weighted by Crippen LogP contribution is 2.61. The minimum Gasteiger partial charge on any atom is -0.394 e. The Morgan fingerprint density at radius 2 is 1.31 bits per heavy atom. The van der Waals surface area contributed by atoms with Crippen molar-refractivity contribution in [3.8, 4) is 0 Å². The highest BCUT2D eigenvalue weighted by Gasteiger charge is 2.67. The maximum atomic E-state index is 17.1. The first-order valence-corrected chi connectivity index (χ1v) is 25.9. The molecule has 0 bridgehead atoms. The molecule has 4 amide bonds. The molecule has 7 aromatic rings. The number of aliphatic hydroxyl groups excluding tert-OH is 1. The predicted molar refractivity (Wildman–Crippen MR) is 259 cm³/mol. The van der Waals surface area contributed by atoms with Gasteiger partial charge in [-0.2, -0.15) is 0 Å². The summed E-state index contributed by atoms with van der Waals surface area (Å²) in [6, 6.07) is 43.7. The fraction of sp³-hybridized carbons (Fsp3) is 0.236. The Hall–Kier alpha value is -6.99. The zero-order valence-corrected chi connectivity index (χ0v) is 38.3. The van der Waals surface area contributed by atoms with E-state index in [0.29, 0.717) is 46.7 Å². The smallest absolute Gasteiger partial charge is 0.264 e. The highest BCUT2D eigenvalue weighted by atomic mass is 28.4. The highest BCUT2D eigenvalue weighted by molar-refractivity contribution is 6.72. The molecule has 10 nitrogen and oxygen atoms in total. The molecule has 0 radical (unpaired) electrons. The number of rotatable bonds is 8. The molecule has 5 aliphatic rings. The summed E-state index contributed by atoms with van der Waals surface area (Å²) in [7, 11) is -3.69. The van der Waals surface area contributed by atoms with Crippen molar-refractivity contribution >= 4 is 82.0 Å². The van der Waals surface area contributed by atoms with Crippen molar-refractivity contribution in [1.82, 2.24) is 4.90 Å². The molecule has 0 aromatic heterocycles. The molecule has 5 heterocycles. The summed E-state index contributed by atoms with van der Waals surface area (Å²) >= 11 is 0. The second kappa shape index (κ2) is 15.0. The molecule has 7 aromatic carbocycles. The largest absolute Gasteiger partial charge is 0.394 e. The lowest BCUT2D eigenvalue weighted by molar-refractivity contribution is -0.151. The van der Waals surface area contributed by atoms with Crippen molar-refractivity contribution in [2.45, 2.75) is 69.2 Å². The normalized spacial score (nSPS) is 22.8. The van der Waals surface area contributed by atoms with Crippen LogP contribution in [0.25, 0.3) is 21.5 Å². The van der Waals surface area contributed by atoms with E-state index in [1.54, 1.807) is 32.7 Å². The monoisotopic (exact) mass is 906 g/mol. The molecule has 5 aliphatic heterocycles. The number of fused-ring (bicyclic) bond motifs is 3. The van der Waals surface area contributed by atoms with Gasteiger partial charge in [-0.1, -0.05) is 91.9 Å². The van der Waals surface area contributed by atoms with Crippen LogP contribution >= 0.6 is 0 Å². The third-order valence-corrected chi connectivity index (χ3v) is 17.6. The van der Waals surface area contributed by atoms with Crippen molar-refractivity contribution in [1.29, 1.82) is 0 Å². The van der Waals surface area contributed by atoms with Crippen LogP contribution in [-0.2, 0) is 39.4 Å². The number of carbonyl (C=O) groups excluding carboxylic acids is 4. The summed E-state index contributed by atoms with van der Waals surface area (Å²) < 4.78 is 24.2. The Balaban J connectivity index is 0.928. The second-order valence-electron chi connectivity index (χ2n) is 19.2. The van der Waals surface area contributed by atoms with Gasteiger partial charge in [-0.25, -0.2) is 0 Å². The molecule has 1 fully saturated rings. The number of nitrogens with zero attached hydrogens (tertiary/aromatic N) is 4. The number of anilines is 5. The van der Waals surface area contributed by atoms with E-state index in [-0.39, 0.29) is 43.2 Å². The molecule has 1 N–H and O–H groups in total. The van der Waals surface area contributed by atoms with E-state index in [0.717, 1.165) is 49.6 Å². The average molecular weight is 907 g/mol. The van der Waals surface area contributed by atoms with E-state index in [1.807, 2.05) is 146 Å². The first-order chi connectivity index (χ1) is 32.4. The van der Waals surface area contributed by atoms with Crippen LogP contribution in [0.1, 0.15) is 56.3 Å². The third kappa shape index (κ3) is 6.05. The van der Waals surface area contributed by atoms with Gasteiger partial charge in [0.05, 0.1) is 59.9 Å². The van der Waals surface area contributed by atoms with Gasteiger partial charge in [0.25, 0.3) is 17.7 Å². The van der Waals surface area contributed by atoms with Gasteiger partial charge < -0.3 is 23.8 Å². The molecule has 12 heteroatoms. The fourth-order valence-corrected chi connectivity index (χ4v) is 14.6. The van der Waals surface area contributed by atoms with Crippen molar-refractivity contribution in [3.05, 3.63) is 173 Å². The van der Waals surface area contributed by atoms with Crippen LogP contribution in [0.3, 0.4) is 0 Å². The van der Waals surface area contributed by atoms with E-state index >= 15 is 8.90 Å². The van der Waals surface area contributed by atoms with Gasteiger partial charge in [-0.05, 0) is 102 Å². The lowest BCUT2D eigenvalue weighted by atomic mass is 9.82. The molecule has 0 unspecified atom stereocenters. The zero-order chi connectivity index (χ0) is 46.1.